The normalized spacial score (nSPS) is 33.2. The molecule has 3 fully saturated rings. The van der Waals surface area contributed by atoms with Gasteiger partial charge in [0, 0.05) is 6.54 Å². The molecule has 3 rings (SSSR count). The minimum atomic E-state index is -0.793. The van der Waals surface area contributed by atoms with Crippen LogP contribution in [0, 0.1) is 11.8 Å². The average Bonchev–Trinajstić information content (AvgIpc) is 2.23. The zero-order valence-corrected chi connectivity index (χ0v) is 11.6. The van der Waals surface area contributed by atoms with Gasteiger partial charge in [-0.1, -0.05) is 0 Å². The van der Waals surface area contributed by atoms with Gasteiger partial charge in [0.1, 0.15) is 5.60 Å². The lowest BCUT2D eigenvalue weighted by atomic mass is 9.63. The van der Waals surface area contributed by atoms with Gasteiger partial charge in [-0.15, -0.1) is 0 Å². The Balaban J connectivity index is 1.78. The van der Waals surface area contributed by atoms with Crippen LogP contribution in [-0.2, 0) is 14.3 Å². The molecule has 2 aliphatic heterocycles. The molecule has 0 aromatic heterocycles. The van der Waals surface area contributed by atoms with Crippen LogP contribution < -0.4 is 5.32 Å². The van der Waals surface area contributed by atoms with Crippen LogP contribution in [0.15, 0.2) is 0 Å². The van der Waals surface area contributed by atoms with Crippen LogP contribution >= 0.6 is 0 Å². The Morgan fingerprint density at radius 3 is 2.47 bits per heavy atom. The van der Waals surface area contributed by atoms with Crippen LogP contribution in [0.4, 0.5) is 4.79 Å². The van der Waals surface area contributed by atoms with E-state index in [1.165, 1.54) is 0 Å². The topological polar surface area (TPSA) is 84.9 Å². The van der Waals surface area contributed by atoms with Crippen molar-refractivity contribution in [3.63, 3.8) is 0 Å². The van der Waals surface area contributed by atoms with E-state index in [9.17, 15) is 9.59 Å². The smallest absolute Gasteiger partial charge is 0.407 e. The van der Waals surface area contributed by atoms with Gasteiger partial charge in [0.05, 0.1) is 18.1 Å². The third kappa shape index (κ3) is 3.18. The van der Waals surface area contributed by atoms with Gasteiger partial charge in [-0.2, -0.15) is 0 Å². The maximum Gasteiger partial charge on any atom is 0.407 e. The van der Waals surface area contributed by atoms with Crippen molar-refractivity contribution in [2.75, 3.05) is 13.2 Å². The Morgan fingerprint density at radius 1 is 1.42 bits per heavy atom. The fourth-order valence-corrected chi connectivity index (χ4v) is 2.72. The van der Waals surface area contributed by atoms with E-state index in [-0.39, 0.29) is 18.1 Å². The average molecular weight is 271 g/mol. The van der Waals surface area contributed by atoms with Gasteiger partial charge in [0.25, 0.3) is 0 Å². The third-order valence-electron chi connectivity index (χ3n) is 3.68. The Hall–Kier alpha value is -1.30. The lowest BCUT2D eigenvalue weighted by Gasteiger charge is -2.54. The Labute approximate surface area is 112 Å². The highest BCUT2D eigenvalue weighted by molar-refractivity contribution is 5.71. The zero-order chi connectivity index (χ0) is 14.3. The van der Waals surface area contributed by atoms with E-state index < -0.39 is 23.6 Å². The van der Waals surface area contributed by atoms with Crippen LogP contribution in [-0.4, -0.2) is 41.5 Å². The predicted octanol–water partition coefficient (Wildman–Crippen LogP) is 1.39. The van der Waals surface area contributed by atoms with Crippen molar-refractivity contribution in [3.8, 4) is 0 Å². The zero-order valence-electron chi connectivity index (χ0n) is 11.6. The number of fused-ring (bicyclic) bond motifs is 2. The van der Waals surface area contributed by atoms with Gasteiger partial charge >= 0.3 is 12.1 Å². The highest BCUT2D eigenvalue weighted by Crippen LogP contribution is 2.49. The molecule has 0 aromatic carbocycles. The molecule has 0 radical (unpaired) electrons. The maximum atomic E-state index is 11.6. The molecule has 2 bridgehead atoms. The van der Waals surface area contributed by atoms with Crippen molar-refractivity contribution in [2.24, 2.45) is 11.8 Å². The number of carboxylic acid groups (broad SMARTS) is 1. The molecule has 1 unspecified atom stereocenters. The SMILES string of the molecule is CC(C)(C)OC(=O)NCC12CC(C1)C(C(=O)O)CO2. The summed E-state index contributed by atoms with van der Waals surface area (Å²) in [5.74, 6) is -1.02. The van der Waals surface area contributed by atoms with Gasteiger partial charge in [0.15, 0.2) is 0 Å². The largest absolute Gasteiger partial charge is 0.481 e. The summed E-state index contributed by atoms with van der Waals surface area (Å²) in [5.41, 5.74) is -0.904. The Morgan fingerprint density at radius 2 is 2.05 bits per heavy atom. The number of carbonyl (C=O) groups excluding carboxylic acids is 1. The number of carbonyl (C=O) groups is 2. The quantitative estimate of drug-likeness (QED) is 0.810. The van der Waals surface area contributed by atoms with Crippen LogP contribution in [0.25, 0.3) is 0 Å². The molecule has 2 heterocycles. The minimum absolute atomic E-state index is 0.173. The fraction of sp³-hybridized carbons (Fsp3) is 0.846. The first-order chi connectivity index (χ1) is 8.71. The molecule has 1 amide bonds. The molecule has 19 heavy (non-hydrogen) atoms. The summed E-state index contributed by atoms with van der Waals surface area (Å²) in [4.78, 5) is 22.5. The predicted molar refractivity (Wildman–Crippen MR) is 66.8 cm³/mol. The molecule has 6 nitrogen and oxygen atoms in total. The van der Waals surface area contributed by atoms with Crippen molar-refractivity contribution in [1.29, 1.82) is 0 Å². The van der Waals surface area contributed by atoms with Crippen molar-refractivity contribution in [2.45, 2.75) is 44.8 Å². The first-order valence-electron chi connectivity index (χ1n) is 6.54. The summed E-state index contributed by atoms with van der Waals surface area (Å²) in [6.45, 7) is 6.02. The first-order valence-corrected chi connectivity index (χ1v) is 6.54. The minimum Gasteiger partial charge on any atom is -0.481 e. The fourth-order valence-electron chi connectivity index (χ4n) is 2.72. The van der Waals surface area contributed by atoms with Gasteiger partial charge in [-0.3, -0.25) is 4.79 Å². The Kier molecular flexibility index (Phi) is 3.47. The molecule has 1 saturated carbocycles. The van der Waals surface area contributed by atoms with Gasteiger partial charge in [-0.05, 0) is 39.5 Å². The van der Waals surface area contributed by atoms with E-state index in [4.69, 9.17) is 14.6 Å². The second kappa shape index (κ2) is 4.67. The Bertz CT molecular complexity index is 375. The third-order valence-corrected chi connectivity index (χ3v) is 3.68. The molecular weight excluding hydrogens is 250 g/mol. The molecule has 6 heteroatoms. The molecule has 3 aliphatic rings. The number of hydrogen-bond acceptors (Lipinski definition) is 4. The lowest BCUT2D eigenvalue weighted by Crippen LogP contribution is -2.62. The second-order valence-electron chi connectivity index (χ2n) is 6.46. The first kappa shape index (κ1) is 14.1. The molecule has 0 aromatic rings. The number of rotatable bonds is 3. The molecule has 108 valence electrons. The van der Waals surface area contributed by atoms with Crippen molar-refractivity contribution >= 4 is 12.1 Å². The number of carboxylic acids is 1. The molecule has 0 spiro atoms. The van der Waals surface area contributed by atoms with E-state index in [2.05, 4.69) is 5.32 Å². The summed E-state index contributed by atoms with van der Waals surface area (Å²) >= 11 is 0. The highest BCUT2D eigenvalue weighted by atomic mass is 16.6. The van der Waals surface area contributed by atoms with Gasteiger partial charge in [-0.25, -0.2) is 4.79 Å². The molecule has 2 N–H and O–H groups in total. The maximum absolute atomic E-state index is 11.6. The molecule has 1 atom stereocenters. The number of nitrogens with one attached hydrogen (secondary N) is 1. The number of alkyl carbamates (subject to hydrolysis) is 1. The number of ether oxygens (including phenoxy) is 2. The number of hydrogen-bond donors (Lipinski definition) is 2. The van der Waals surface area contributed by atoms with Crippen LogP contribution in [0.3, 0.4) is 0 Å². The number of amides is 1. The summed E-state index contributed by atoms with van der Waals surface area (Å²) in [5, 5.41) is 11.7. The van der Waals surface area contributed by atoms with Crippen LogP contribution in [0.2, 0.25) is 0 Å². The van der Waals surface area contributed by atoms with Gasteiger partial charge in [0.2, 0.25) is 0 Å². The van der Waals surface area contributed by atoms with Crippen LogP contribution in [0.5, 0.6) is 0 Å². The monoisotopic (exact) mass is 271 g/mol. The second-order valence-corrected chi connectivity index (χ2v) is 6.46. The summed E-state index contributed by atoms with van der Waals surface area (Å²) in [7, 11) is 0. The van der Waals surface area contributed by atoms with Gasteiger partial charge < -0.3 is 19.9 Å². The summed E-state index contributed by atoms with van der Waals surface area (Å²) < 4.78 is 10.8. The van der Waals surface area contributed by atoms with Crippen molar-refractivity contribution in [1.82, 2.24) is 5.32 Å². The van der Waals surface area contributed by atoms with Crippen molar-refractivity contribution < 1.29 is 24.2 Å². The lowest BCUT2D eigenvalue weighted by molar-refractivity contribution is -0.211. The summed E-state index contributed by atoms with van der Waals surface area (Å²) in [6.07, 6.45) is 0.925. The number of aliphatic carboxylic acids is 1. The van der Waals surface area contributed by atoms with E-state index >= 15 is 0 Å². The highest BCUT2D eigenvalue weighted by Gasteiger charge is 2.54. The molecular formula is C13H21NO5. The van der Waals surface area contributed by atoms with E-state index in [0.29, 0.717) is 19.4 Å². The van der Waals surface area contributed by atoms with E-state index in [0.717, 1.165) is 0 Å². The van der Waals surface area contributed by atoms with Crippen LogP contribution in [0.1, 0.15) is 33.6 Å². The van der Waals surface area contributed by atoms with E-state index in [1.54, 1.807) is 20.8 Å². The van der Waals surface area contributed by atoms with Crippen molar-refractivity contribution in [3.05, 3.63) is 0 Å². The summed E-state index contributed by atoms with van der Waals surface area (Å²) in [6, 6.07) is 0. The molecule has 1 aliphatic carbocycles. The standard InChI is InChI=1S/C13H21NO5/c1-12(2,3)19-11(17)14-7-13-4-8(5-13)9(6-18-13)10(15)16/h8-9H,4-7H2,1-3H3,(H,14,17)(H,15,16). The molecule has 2 saturated heterocycles. The van der Waals surface area contributed by atoms with E-state index in [1.807, 2.05) is 0 Å².